The molecule has 1 atom stereocenters. The molecule has 0 radical (unpaired) electrons. The van der Waals surface area contributed by atoms with Crippen LogP contribution in [-0.2, 0) is 6.54 Å². The van der Waals surface area contributed by atoms with Crippen LogP contribution in [0.2, 0.25) is 0 Å². The second kappa shape index (κ2) is 7.61. The molecule has 0 aliphatic carbocycles. The Balaban J connectivity index is 2.09. The van der Waals surface area contributed by atoms with E-state index in [0.717, 1.165) is 36.9 Å². The number of rotatable bonds is 5. The van der Waals surface area contributed by atoms with Gasteiger partial charge in [-0.3, -0.25) is 0 Å². The van der Waals surface area contributed by atoms with Crippen molar-refractivity contribution in [1.82, 2.24) is 5.32 Å². The second-order valence-corrected chi connectivity index (χ2v) is 7.29. The molecule has 0 amide bonds. The molecule has 0 saturated carbocycles. The van der Waals surface area contributed by atoms with Gasteiger partial charge in [-0.05, 0) is 43.4 Å². The van der Waals surface area contributed by atoms with Crippen LogP contribution in [0.25, 0.3) is 0 Å². The Morgan fingerprint density at radius 3 is 2.52 bits per heavy atom. The number of aliphatic hydroxyl groups is 1. The predicted octanol–water partition coefficient (Wildman–Crippen LogP) is 3.54. The number of hydrogen-bond acceptors (Lipinski definition) is 3. The van der Waals surface area contributed by atoms with E-state index in [4.69, 9.17) is 0 Å². The van der Waals surface area contributed by atoms with Crippen molar-refractivity contribution in [2.45, 2.75) is 52.3 Å². The first-order valence-electron chi connectivity index (χ1n) is 7.92. The van der Waals surface area contributed by atoms with Crippen LogP contribution in [0.4, 0.5) is 5.69 Å². The fourth-order valence-corrected chi connectivity index (χ4v) is 3.27. The zero-order valence-corrected chi connectivity index (χ0v) is 14.9. The van der Waals surface area contributed by atoms with Gasteiger partial charge in [0.15, 0.2) is 0 Å². The molecule has 4 heteroatoms. The Labute approximate surface area is 136 Å². The van der Waals surface area contributed by atoms with E-state index in [1.807, 2.05) is 6.92 Å². The summed E-state index contributed by atoms with van der Waals surface area (Å²) in [7, 11) is 0. The molecule has 1 aliphatic heterocycles. The normalized spacial score (nSPS) is 18.3. The quantitative estimate of drug-likeness (QED) is 0.848. The summed E-state index contributed by atoms with van der Waals surface area (Å²) in [6.45, 7) is 9.22. The molecule has 3 nitrogen and oxygen atoms in total. The van der Waals surface area contributed by atoms with Gasteiger partial charge in [-0.1, -0.05) is 35.8 Å². The van der Waals surface area contributed by atoms with E-state index in [0.29, 0.717) is 12.0 Å². The molecule has 1 aromatic carbocycles. The van der Waals surface area contributed by atoms with Crippen LogP contribution in [0.15, 0.2) is 22.7 Å². The lowest BCUT2D eigenvalue weighted by Gasteiger charge is -2.36. The standard InChI is InChI=1S/C17H27BrN2O/c1-12(2)19-11-15-4-5-16(18)10-17(15)20-8-6-14(7-9-20)13(3)21/h4-5,10,12-14,19,21H,6-9,11H2,1-3H3. The number of nitrogens with zero attached hydrogens (tertiary/aromatic N) is 1. The van der Waals surface area contributed by atoms with E-state index in [1.165, 1.54) is 11.3 Å². The number of anilines is 1. The monoisotopic (exact) mass is 354 g/mol. The highest BCUT2D eigenvalue weighted by molar-refractivity contribution is 9.10. The molecule has 1 unspecified atom stereocenters. The van der Waals surface area contributed by atoms with Crippen molar-refractivity contribution in [2.75, 3.05) is 18.0 Å². The average molecular weight is 355 g/mol. The summed E-state index contributed by atoms with van der Waals surface area (Å²) in [6.07, 6.45) is 1.96. The van der Waals surface area contributed by atoms with Gasteiger partial charge in [0.25, 0.3) is 0 Å². The molecular formula is C17H27BrN2O. The molecule has 2 rings (SSSR count). The summed E-state index contributed by atoms with van der Waals surface area (Å²) >= 11 is 3.59. The van der Waals surface area contributed by atoms with Gasteiger partial charge in [0, 0.05) is 35.8 Å². The summed E-state index contributed by atoms with van der Waals surface area (Å²) < 4.78 is 1.13. The molecule has 21 heavy (non-hydrogen) atoms. The van der Waals surface area contributed by atoms with E-state index in [2.05, 4.69) is 58.2 Å². The van der Waals surface area contributed by atoms with Crippen LogP contribution in [0.3, 0.4) is 0 Å². The van der Waals surface area contributed by atoms with Crippen LogP contribution in [0.5, 0.6) is 0 Å². The summed E-state index contributed by atoms with van der Waals surface area (Å²) in [6, 6.07) is 7.03. The van der Waals surface area contributed by atoms with Gasteiger partial charge in [0.1, 0.15) is 0 Å². The molecule has 2 N–H and O–H groups in total. The highest BCUT2D eigenvalue weighted by atomic mass is 79.9. The highest BCUT2D eigenvalue weighted by Crippen LogP contribution is 2.30. The lowest BCUT2D eigenvalue weighted by molar-refractivity contribution is 0.110. The first-order valence-corrected chi connectivity index (χ1v) is 8.71. The number of benzene rings is 1. The van der Waals surface area contributed by atoms with Gasteiger partial charge in [-0.25, -0.2) is 0 Å². The zero-order chi connectivity index (χ0) is 15.4. The Morgan fingerprint density at radius 1 is 1.29 bits per heavy atom. The number of hydrogen-bond donors (Lipinski definition) is 2. The first kappa shape index (κ1) is 16.8. The topological polar surface area (TPSA) is 35.5 Å². The molecule has 0 bridgehead atoms. The maximum Gasteiger partial charge on any atom is 0.0541 e. The van der Waals surface area contributed by atoms with Gasteiger partial charge in [-0.2, -0.15) is 0 Å². The molecule has 1 heterocycles. The molecule has 0 spiro atoms. The SMILES string of the molecule is CC(C)NCc1ccc(Br)cc1N1CCC(C(C)O)CC1. The third-order valence-corrected chi connectivity index (χ3v) is 4.80. The van der Waals surface area contributed by atoms with Crippen LogP contribution in [0.1, 0.15) is 39.2 Å². The molecule has 1 saturated heterocycles. The molecule has 1 fully saturated rings. The largest absolute Gasteiger partial charge is 0.393 e. The lowest BCUT2D eigenvalue weighted by atomic mass is 9.91. The summed E-state index contributed by atoms with van der Waals surface area (Å²) in [5.74, 6) is 0.450. The number of piperidine rings is 1. The van der Waals surface area contributed by atoms with Crippen molar-refractivity contribution >= 4 is 21.6 Å². The smallest absolute Gasteiger partial charge is 0.0541 e. The summed E-state index contributed by atoms with van der Waals surface area (Å²) in [5, 5.41) is 13.2. The van der Waals surface area contributed by atoms with E-state index >= 15 is 0 Å². The maximum absolute atomic E-state index is 9.74. The van der Waals surface area contributed by atoms with Crippen LogP contribution in [0, 0.1) is 5.92 Å². The fraction of sp³-hybridized carbons (Fsp3) is 0.647. The van der Waals surface area contributed by atoms with Crippen molar-refractivity contribution in [3.05, 3.63) is 28.2 Å². The number of aliphatic hydroxyl groups excluding tert-OH is 1. The van der Waals surface area contributed by atoms with Gasteiger partial charge >= 0.3 is 0 Å². The highest BCUT2D eigenvalue weighted by Gasteiger charge is 2.24. The fourth-order valence-electron chi connectivity index (χ4n) is 2.92. The van der Waals surface area contributed by atoms with Crippen molar-refractivity contribution in [2.24, 2.45) is 5.92 Å². The Bertz CT molecular complexity index is 454. The maximum atomic E-state index is 9.74. The lowest BCUT2D eigenvalue weighted by Crippen LogP contribution is -2.37. The molecule has 1 aromatic rings. The average Bonchev–Trinajstić information content (AvgIpc) is 2.46. The van der Waals surface area contributed by atoms with Crippen molar-refractivity contribution in [3.63, 3.8) is 0 Å². The number of halogens is 1. The minimum atomic E-state index is -0.184. The second-order valence-electron chi connectivity index (χ2n) is 6.37. The van der Waals surface area contributed by atoms with E-state index in [9.17, 15) is 5.11 Å². The van der Waals surface area contributed by atoms with Gasteiger partial charge in [0.2, 0.25) is 0 Å². The third kappa shape index (κ3) is 4.70. The molecule has 0 aromatic heterocycles. The van der Waals surface area contributed by atoms with Crippen LogP contribution < -0.4 is 10.2 Å². The third-order valence-electron chi connectivity index (χ3n) is 4.31. The zero-order valence-electron chi connectivity index (χ0n) is 13.3. The van der Waals surface area contributed by atoms with Gasteiger partial charge < -0.3 is 15.3 Å². The summed E-state index contributed by atoms with van der Waals surface area (Å²) in [4.78, 5) is 2.46. The van der Waals surface area contributed by atoms with Crippen molar-refractivity contribution in [1.29, 1.82) is 0 Å². The van der Waals surface area contributed by atoms with E-state index in [-0.39, 0.29) is 6.10 Å². The molecule has 1 aliphatic rings. The first-order chi connectivity index (χ1) is 9.97. The van der Waals surface area contributed by atoms with Crippen molar-refractivity contribution in [3.8, 4) is 0 Å². The minimum Gasteiger partial charge on any atom is -0.393 e. The van der Waals surface area contributed by atoms with Crippen molar-refractivity contribution < 1.29 is 5.11 Å². The van der Waals surface area contributed by atoms with Gasteiger partial charge in [-0.15, -0.1) is 0 Å². The van der Waals surface area contributed by atoms with Crippen LogP contribution >= 0.6 is 15.9 Å². The number of nitrogens with one attached hydrogen (secondary N) is 1. The molecular weight excluding hydrogens is 328 g/mol. The van der Waals surface area contributed by atoms with E-state index in [1.54, 1.807) is 0 Å². The predicted molar refractivity (Wildman–Crippen MR) is 92.7 cm³/mol. The molecule has 118 valence electrons. The van der Waals surface area contributed by atoms with E-state index < -0.39 is 0 Å². The Hall–Kier alpha value is -0.580. The summed E-state index contributed by atoms with van der Waals surface area (Å²) in [5.41, 5.74) is 2.67. The minimum absolute atomic E-state index is 0.184. The Morgan fingerprint density at radius 2 is 1.95 bits per heavy atom. The Kier molecular flexibility index (Phi) is 6.08. The van der Waals surface area contributed by atoms with Gasteiger partial charge in [0.05, 0.1) is 6.10 Å². The van der Waals surface area contributed by atoms with Crippen LogP contribution in [-0.4, -0.2) is 30.3 Å².